The van der Waals surface area contributed by atoms with Crippen molar-refractivity contribution in [1.29, 1.82) is 0 Å². The van der Waals surface area contributed by atoms with Gasteiger partial charge in [-0.25, -0.2) is 18.4 Å². The fourth-order valence-corrected chi connectivity index (χ4v) is 3.93. The molecule has 0 radical (unpaired) electrons. The zero-order chi connectivity index (χ0) is 21.0. The van der Waals surface area contributed by atoms with Crippen LogP contribution in [0.3, 0.4) is 0 Å². The summed E-state index contributed by atoms with van der Waals surface area (Å²) in [6.07, 6.45) is 1.46. The van der Waals surface area contributed by atoms with Crippen LogP contribution in [0.4, 0.5) is 29.7 Å². The van der Waals surface area contributed by atoms with E-state index in [9.17, 15) is 18.4 Å². The third kappa shape index (κ3) is 3.14. The van der Waals surface area contributed by atoms with Crippen molar-refractivity contribution in [3.05, 3.63) is 35.9 Å². The predicted molar refractivity (Wildman–Crippen MR) is 101 cm³/mol. The quantitative estimate of drug-likeness (QED) is 0.827. The molecule has 1 spiro atoms. The molecule has 2 aliphatic heterocycles. The highest BCUT2D eigenvalue weighted by molar-refractivity contribution is 5.92. The average Bonchev–Trinajstić information content (AvgIpc) is 3.21. The van der Waals surface area contributed by atoms with Gasteiger partial charge in [0.1, 0.15) is 11.3 Å². The lowest BCUT2D eigenvalue weighted by Crippen LogP contribution is -2.47. The van der Waals surface area contributed by atoms with E-state index in [0.29, 0.717) is 18.8 Å². The van der Waals surface area contributed by atoms with E-state index in [0.717, 1.165) is 24.6 Å². The van der Waals surface area contributed by atoms with E-state index in [2.05, 4.69) is 15.4 Å². The SMILES string of the molecule is C[C@H]1Cn2ncc(N3CC4(CC4)OC3=O)c2CN1C(=O)Nc1ccnc(C(F)F)c1. The van der Waals surface area contributed by atoms with E-state index in [4.69, 9.17) is 4.74 Å². The lowest BCUT2D eigenvalue weighted by atomic mass is 10.2. The molecule has 1 saturated heterocycles. The average molecular weight is 418 g/mol. The molecule has 1 aliphatic carbocycles. The van der Waals surface area contributed by atoms with Gasteiger partial charge >= 0.3 is 12.1 Å². The van der Waals surface area contributed by atoms with Crippen LogP contribution >= 0.6 is 0 Å². The van der Waals surface area contributed by atoms with Crippen molar-refractivity contribution in [1.82, 2.24) is 19.7 Å². The minimum atomic E-state index is -2.72. The number of anilines is 2. The van der Waals surface area contributed by atoms with E-state index in [1.165, 1.54) is 12.3 Å². The normalized spacial score (nSPS) is 21.7. The minimum absolute atomic E-state index is 0.179. The molecule has 0 unspecified atom stereocenters. The van der Waals surface area contributed by atoms with Gasteiger partial charge in [-0.2, -0.15) is 5.10 Å². The molecule has 2 fully saturated rings. The summed E-state index contributed by atoms with van der Waals surface area (Å²) >= 11 is 0. The third-order valence-electron chi connectivity index (χ3n) is 5.80. The summed E-state index contributed by atoms with van der Waals surface area (Å²) in [6, 6.07) is 2.02. The van der Waals surface area contributed by atoms with Crippen molar-refractivity contribution in [2.75, 3.05) is 16.8 Å². The summed E-state index contributed by atoms with van der Waals surface area (Å²) in [4.78, 5) is 32.0. The maximum Gasteiger partial charge on any atom is 0.415 e. The molecule has 1 N–H and O–H groups in total. The first-order valence-corrected chi connectivity index (χ1v) is 9.72. The first-order valence-electron chi connectivity index (χ1n) is 9.72. The standard InChI is InChI=1S/C19H20F2N6O3/c1-11-8-27-15(14(7-23-27)26-10-19(3-4-19)30-18(26)29)9-25(11)17(28)24-12-2-5-22-13(6-12)16(20)21/h2,5-7,11,16H,3-4,8-10H2,1H3,(H,22,24,28)/t11-/m0/s1. The highest BCUT2D eigenvalue weighted by Crippen LogP contribution is 2.46. The van der Waals surface area contributed by atoms with E-state index in [1.807, 2.05) is 6.92 Å². The molecule has 5 rings (SSSR count). The largest absolute Gasteiger partial charge is 0.441 e. The molecule has 3 amide bonds. The number of amides is 3. The van der Waals surface area contributed by atoms with Crippen LogP contribution in [0.25, 0.3) is 0 Å². The van der Waals surface area contributed by atoms with E-state index in [-0.39, 0.29) is 23.9 Å². The number of rotatable bonds is 3. The van der Waals surface area contributed by atoms with Crippen LogP contribution in [-0.4, -0.2) is 50.0 Å². The second-order valence-electron chi connectivity index (χ2n) is 7.97. The Morgan fingerprint density at radius 1 is 1.40 bits per heavy atom. The van der Waals surface area contributed by atoms with Crippen LogP contribution in [0.1, 0.15) is 37.6 Å². The van der Waals surface area contributed by atoms with Crippen LogP contribution in [0.5, 0.6) is 0 Å². The van der Waals surface area contributed by atoms with Gasteiger partial charge < -0.3 is 15.0 Å². The number of alkyl halides is 2. The number of nitrogens with zero attached hydrogens (tertiary/aromatic N) is 5. The minimum Gasteiger partial charge on any atom is -0.441 e. The molecule has 1 saturated carbocycles. The van der Waals surface area contributed by atoms with Gasteiger partial charge in [0.15, 0.2) is 0 Å². The molecule has 0 bridgehead atoms. The first-order chi connectivity index (χ1) is 14.3. The maximum absolute atomic E-state index is 12.9. The van der Waals surface area contributed by atoms with E-state index in [1.54, 1.807) is 20.7 Å². The zero-order valence-corrected chi connectivity index (χ0v) is 16.2. The van der Waals surface area contributed by atoms with E-state index < -0.39 is 24.2 Å². The molecule has 2 aromatic heterocycles. The first kappa shape index (κ1) is 18.8. The van der Waals surface area contributed by atoms with Gasteiger partial charge in [-0.1, -0.05) is 0 Å². The summed E-state index contributed by atoms with van der Waals surface area (Å²) < 4.78 is 33.0. The molecular weight excluding hydrogens is 398 g/mol. The van der Waals surface area contributed by atoms with Gasteiger partial charge in [0.25, 0.3) is 6.43 Å². The number of nitrogens with one attached hydrogen (secondary N) is 1. The number of fused-ring (bicyclic) bond motifs is 1. The number of hydrogen-bond acceptors (Lipinski definition) is 5. The Labute approximate surface area is 170 Å². The maximum atomic E-state index is 12.9. The number of aromatic nitrogens is 3. The van der Waals surface area contributed by atoms with Crippen LogP contribution in [-0.2, 0) is 17.8 Å². The van der Waals surface area contributed by atoms with Crippen molar-refractivity contribution < 1.29 is 23.1 Å². The molecule has 3 aliphatic rings. The van der Waals surface area contributed by atoms with Crippen molar-refractivity contribution in [2.24, 2.45) is 0 Å². The monoisotopic (exact) mass is 418 g/mol. The number of carbonyl (C=O) groups is 2. The Morgan fingerprint density at radius 2 is 2.20 bits per heavy atom. The molecule has 1 atom stereocenters. The van der Waals surface area contributed by atoms with Gasteiger partial charge in [-0.3, -0.25) is 14.6 Å². The molecule has 30 heavy (non-hydrogen) atoms. The number of urea groups is 1. The Kier molecular flexibility index (Phi) is 4.16. The lowest BCUT2D eigenvalue weighted by molar-refractivity contribution is 0.129. The number of hydrogen-bond donors (Lipinski definition) is 1. The van der Waals surface area contributed by atoms with Crippen LogP contribution in [0, 0.1) is 0 Å². The molecule has 158 valence electrons. The fraction of sp³-hybridized carbons (Fsp3) is 0.474. The molecule has 0 aromatic carbocycles. The second-order valence-corrected chi connectivity index (χ2v) is 7.97. The topological polar surface area (TPSA) is 92.6 Å². The predicted octanol–water partition coefficient (Wildman–Crippen LogP) is 3.14. The number of pyridine rings is 1. The molecule has 9 nitrogen and oxygen atoms in total. The summed E-state index contributed by atoms with van der Waals surface area (Å²) in [7, 11) is 0. The van der Waals surface area contributed by atoms with E-state index >= 15 is 0 Å². The Bertz CT molecular complexity index is 1020. The lowest BCUT2D eigenvalue weighted by Gasteiger charge is -2.34. The van der Waals surface area contributed by atoms with Gasteiger partial charge in [-0.15, -0.1) is 0 Å². The highest BCUT2D eigenvalue weighted by atomic mass is 19.3. The summed E-state index contributed by atoms with van der Waals surface area (Å²) in [5.74, 6) is 0. The summed E-state index contributed by atoms with van der Waals surface area (Å²) in [6.45, 7) is 3.05. The third-order valence-corrected chi connectivity index (χ3v) is 5.80. The van der Waals surface area contributed by atoms with Crippen LogP contribution in [0.2, 0.25) is 0 Å². The summed E-state index contributed by atoms with van der Waals surface area (Å²) in [5.41, 5.74) is 0.851. The van der Waals surface area contributed by atoms with Gasteiger partial charge in [-0.05, 0) is 31.9 Å². The molecule has 4 heterocycles. The van der Waals surface area contributed by atoms with Crippen LogP contribution < -0.4 is 10.2 Å². The second kappa shape index (κ2) is 6.64. The van der Waals surface area contributed by atoms with Crippen molar-refractivity contribution in [3.63, 3.8) is 0 Å². The molecule has 2 aromatic rings. The number of carbonyl (C=O) groups excluding carboxylic acids is 2. The Hall–Kier alpha value is -3.24. The smallest absolute Gasteiger partial charge is 0.415 e. The molecular formula is C19H20F2N6O3. The zero-order valence-electron chi connectivity index (χ0n) is 16.2. The Morgan fingerprint density at radius 3 is 2.90 bits per heavy atom. The van der Waals surface area contributed by atoms with Gasteiger partial charge in [0, 0.05) is 11.9 Å². The highest BCUT2D eigenvalue weighted by Gasteiger charge is 2.55. The number of halogens is 2. The van der Waals surface area contributed by atoms with Gasteiger partial charge in [0.05, 0.1) is 43.3 Å². The van der Waals surface area contributed by atoms with Gasteiger partial charge in [0.2, 0.25) is 0 Å². The van der Waals surface area contributed by atoms with Crippen molar-refractivity contribution in [3.8, 4) is 0 Å². The van der Waals surface area contributed by atoms with Crippen LogP contribution in [0.15, 0.2) is 24.5 Å². The Balaban J connectivity index is 1.35. The fourth-order valence-electron chi connectivity index (χ4n) is 3.93. The summed E-state index contributed by atoms with van der Waals surface area (Å²) in [5, 5.41) is 7.04. The molecule has 11 heteroatoms. The van der Waals surface area contributed by atoms with Crippen molar-refractivity contribution >= 4 is 23.5 Å². The number of ether oxygens (including phenoxy) is 1. The van der Waals surface area contributed by atoms with Crippen molar-refractivity contribution in [2.45, 2.75) is 50.9 Å².